The number of alkyl halides is 1. The number of nitrogens with zero attached hydrogens (tertiary/aromatic N) is 2. The number of aryl methyl sites for hydroxylation is 1. The van der Waals surface area contributed by atoms with Crippen LogP contribution in [-0.2, 0) is 16.1 Å². The Labute approximate surface area is 209 Å². The highest BCUT2D eigenvalue weighted by Crippen LogP contribution is 2.34. The van der Waals surface area contributed by atoms with Crippen molar-refractivity contribution in [2.24, 2.45) is 5.92 Å². The lowest BCUT2D eigenvalue weighted by molar-refractivity contribution is -0.137. The van der Waals surface area contributed by atoms with Crippen molar-refractivity contribution in [2.45, 2.75) is 72.1 Å². The van der Waals surface area contributed by atoms with E-state index < -0.39 is 6.17 Å². The highest BCUT2D eigenvalue weighted by atomic mass is 19.1. The SMILES string of the molecule is CC.Cc1ccc(CN2CC[C@@H](N3CC[C@@H](c4ccc(OC(=O)C(C)C)cc4)[C@H](F)C3)C2=O)cc1. The molecule has 0 aliphatic carbocycles. The van der Waals surface area contributed by atoms with Gasteiger partial charge in [0.15, 0.2) is 0 Å². The van der Waals surface area contributed by atoms with E-state index in [1.165, 1.54) is 5.56 Å². The van der Waals surface area contributed by atoms with Crippen LogP contribution in [0.3, 0.4) is 0 Å². The van der Waals surface area contributed by atoms with E-state index in [1.54, 1.807) is 26.0 Å². The number of piperidine rings is 1. The molecular weight excluding hydrogens is 443 g/mol. The van der Waals surface area contributed by atoms with Crippen LogP contribution in [0.1, 0.15) is 63.1 Å². The maximum Gasteiger partial charge on any atom is 0.313 e. The molecule has 35 heavy (non-hydrogen) atoms. The molecule has 0 unspecified atom stereocenters. The van der Waals surface area contributed by atoms with Crippen molar-refractivity contribution in [1.29, 1.82) is 0 Å². The zero-order valence-corrected chi connectivity index (χ0v) is 21.7. The summed E-state index contributed by atoms with van der Waals surface area (Å²) >= 11 is 0. The smallest absolute Gasteiger partial charge is 0.313 e. The molecule has 2 aromatic rings. The highest BCUT2D eigenvalue weighted by molar-refractivity contribution is 5.84. The summed E-state index contributed by atoms with van der Waals surface area (Å²) < 4.78 is 20.5. The van der Waals surface area contributed by atoms with E-state index in [0.717, 1.165) is 17.5 Å². The van der Waals surface area contributed by atoms with E-state index in [9.17, 15) is 9.59 Å². The van der Waals surface area contributed by atoms with Gasteiger partial charge in [0.2, 0.25) is 5.91 Å². The fourth-order valence-electron chi connectivity index (χ4n) is 4.74. The molecule has 6 heteroatoms. The van der Waals surface area contributed by atoms with E-state index in [0.29, 0.717) is 31.8 Å². The summed E-state index contributed by atoms with van der Waals surface area (Å²) in [5, 5.41) is 0. The highest BCUT2D eigenvalue weighted by Gasteiger charge is 2.40. The van der Waals surface area contributed by atoms with Crippen LogP contribution in [0, 0.1) is 12.8 Å². The number of ether oxygens (including phenoxy) is 1. The van der Waals surface area contributed by atoms with Crippen molar-refractivity contribution in [3.63, 3.8) is 0 Å². The van der Waals surface area contributed by atoms with Gasteiger partial charge in [-0.1, -0.05) is 69.7 Å². The number of amides is 1. The van der Waals surface area contributed by atoms with Crippen molar-refractivity contribution in [2.75, 3.05) is 19.6 Å². The zero-order valence-electron chi connectivity index (χ0n) is 21.7. The fourth-order valence-corrected chi connectivity index (χ4v) is 4.74. The molecule has 3 atom stereocenters. The van der Waals surface area contributed by atoms with E-state index >= 15 is 4.39 Å². The van der Waals surface area contributed by atoms with Crippen molar-refractivity contribution in [3.05, 3.63) is 65.2 Å². The molecular formula is C29H39FN2O3. The Kier molecular flexibility index (Phi) is 9.44. The second kappa shape index (κ2) is 12.3. The first kappa shape index (κ1) is 26.9. The van der Waals surface area contributed by atoms with Gasteiger partial charge < -0.3 is 9.64 Å². The maximum atomic E-state index is 15.2. The molecule has 0 saturated carbocycles. The first-order chi connectivity index (χ1) is 16.8. The molecule has 4 rings (SSSR count). The number of halogens is 1. The molecule has 0 aromatic heterocycles. The molecule has 0 radical (unpaired) electrons. The number of hydrogen-bond acceptors (Lipinski definition) is 4. The van der Waals surface area contributed by atoms with Gasteiger partial charge in [0.25, 0.3) is 0 Å². The molecule has 2 fully saturated rings. The maximum absolute atomic E-state index is 15.2. The number of benzene rings is 2. The second-order valence-corrected chi connectivity index (χ2v) is 9.60. The first-order valence-corrected chi connectivity index (χ1v) is 12.9. The van der Waals surface area contributed by atoms with Crippen LogP contribution >= 0.6 is 0 Å². The summed E-state index contributed by atoms with van der Waals surface area (Å²) in [6.07, 6.45) is 0.369. The molecule has 2 aromatic carbocycles. The van der Waals surface area contributed by atoms with Crippen LogP contribution in [0.2, 0.25) is 0 Å². The topological polar surface area (TPSA) is 49.9 Å². The molecule has 1 amide bonds. The van der Waals surface area contributed by atoms with Crippen LogP contribution in [0.5, 0.6) is 5.75 Å². The van der Waals surface area contributed by atoms with Gasteiger partial charge in [-0.25, -0.2) is 4.39 Å². The first-order valence-electron chi connectivity index (χ1n) is 12.9. The van der Waals surface area contributed by atoms with Gasteiger partial charge in [-0.3, -0.25) is 14.5 Å². The van der Waals surface area contributed by atoms with Gasteiger partial charge in [0.1, 0.15) is 11.9 Å². The minimum absolute atomic E-state index is 0.109. The Bertz CT molecular complexity index is 974. The van der Waals surface area contributed by atoms with Gasteiger partial charge in [0, 0.05) is 25.6 Å². The molecule has 0 N–H and O–H groups in total. The summed E-state index contributed by atoms with van der Waals surface area (Å²) in [5.41, 5.74) is 3.23. The van der Waals surface area contributed by atoms with E-state index in [-0.39, 0.29) is 36.3 Å². The normalized spacial score (nSPS) is 22.7. The fraction of sp³-hybridized carbons (Fsp3) is 0.517. The molecule has 0 spiro atoms. The number of carbonyl (C=O) groups excluding carboxylic acids is 2. The van der Waals surface area contributed by atoms with Crippen molar-refractivity contribution >= 4 is 11.9 Å². The van der Waals surface area contributed by atoms with Crippen LogP contribution in [0.15, 0.2) is 48.5 Å². The summed E-state index contributed by atoms with van der Waals surface area (Å²) in [6.45, 7) is 11.9. The molecule has 190 valence electrons. The van der Waals surface area contributed by atoms with Gasteiger partial charge in [-0.15, -0.1) is 0 Å². The molecule has 2 aliphatic heterocycles. The van der Waals surface area contributed by atoms with Crippen LogP contribution < -0.4 is 4.74 Å². The van der Waals surface area contributed by atoms with Gasteiger partial charge in [0.05, 0.1) is 12.0 Å². The van der Waals surface area contributed by atoms with Crippen molar-refractivity contribution < 1.29 is 18.7 Å². The molecule has 5 nitrogen and oxygen atoms in total. The average Bonchev–Trinajstić information content (AvgIpc) is 3.22. The Morgan fingerprint density at radius 3 is 2.29 bits per heavy atom. The Balaban J connectivity index is 0.00000167. The Morgan fingerprint density at radius 2 is 1.69 bits per heavy atom. The van der Waals surface area contributed by atoms with Crippen LogP contribution in [0.4, 0.5) is 4.39 Å². The van der Waals surface area contributed by atoms with Gasteiger partial charge in [-0.2, -0.15) is 0 Å². The van der Waals surface area contributed by atoms with Crippen molar-refractivity contribution in [1.82, 2.24) is 9.80 Å². The third kappa shape index (κ3) is 6.69. The number of rotatable bonds is 6. The van der Waals surface area contributed by atoms with Gasteiger partial charge >= 0.3 is 5.97 Å². The minimum atomic E-state index is -1.04. The summed E-state index contributed by atoms with van der Waals surface area (Å²) in [4.78, 5) is 28.7. The number of likely N-dealkylation sites (tertiary alicyclic amines) is 2. The quantitative estimate of drug-likeness (QED) is 0.402. The summed E-state index contributed by atoms with van der Waals surface area (Å²) in [6, 6.07) is 15.2. The summed E-state index contributed by atoms with van der Waals surface area (Å²) in [5.74, 6) is -0.100. The third-order valence-electron chi connectivity index (χ3n) is 6.77. The van der Waals surface area contributed by atoms with E-state index in [2.05, 4.69) is 24.3 Å². The van der Waals surface area contributed by atoms with E-state index in [1.807, 2.05) is 42.7 Å². The minimum Gasteiger partial charge on any atom is -0.426 e. The largest absolute Gasteiger partial charge is 0.426 e. The number of esters is 1. The zero-order chi connectivity index (χ0) is 25.5. The Hall–Kier alpha value is -2.73. The molecule has 0 bridgehead atoms. The molecule has 2 saturated heterocycles. The average molecular weight is 483 g/mol. The van der Waals surface area contributed by atoms with Gasteiger partial charge in [-0.05, 0) is 49.6 Å². The second-order valence-electron chi connectivity index (χ2n) is 9.60. The number of carbonyl (C=O) groups is 2. The predicted octanol–water partition coefficient (Wildman–Crippen LogP) is 5.51. The monoisotopic (exact) mass is 482 g/mol. The number of hydrogen-bond donors (Lipinski definition) is 0. The lowest BCUT2D eigenvalue weighted by Gasteiger charge is -2.37. The van der Waals surface area contributed by atoms with Crippen molar-refractivity contribution in [3.8, 4) is 5.75 Å². The van der Waals surface area contributed by atoms with E-state index in [4.69, 9.17) is 4.74 Å². The third-order valence-corrected chi connectivity index (χ3v) is 6.77. The molecule has 2 aliphatic rings. The lowest BCUT2D eigenvalue weighted by Crippen LogP contribution is -2.49. The summed E-state index contributed by atoms with van der Waals surface area (Å²) in [7, 11) is 0. The Morgan fingerprint density at radius 1 is 1.03 bits per heavy atom. The predicted molar refractivity (Wildman–Crippen MR) is 137 cm³/mol. The van der Waals surface area contributed by atoms with Crippen LogP contribution in [-0.4, -0.2) is 53.5 Å². The standard InChI is InChI=1S/C27H33FN2O3.C2H6/c1-18(2)27(32)33-22-10-8-21(9-11-22)23-12-14-29(17-24(23)28)25-13-15-30(26(25)31)16-20-6-4-19(3)5-7-20;1-2/h4-11,18,23-25H,12-17H2,1-3H3;1-2H3/t23-,24+,25+;/m0./s1. The molecule has 2 heterocycles. The van der Waals surface area contributed by atoms with Crippen LogP contribution in [0.25, 0.3) is 0 Å². The lowest BCUT2D eigenvalue weighted by atomic mass is 9.87.